The van der Waals surface area contributed by atoms with Crippen molar-refractivity contribution in [1.29, 1.82) is 0 Å². The Morgan fingerprint density at radius 3 is 2.49 bits per heavy atom. The van der Waals surface area contributed by atoms with E-state index in [0.29, 0.717) is 85.6 Å². The molecular formula is C51H69N3O7. The van der Waals surface area contributed by atoms with Crippen LogP contribution < -0.4 is 16.4 Å². The fourth-order valence-corrected chi connectivity index (χ4v) is 10.9. The molecule has 10 nitrogen and oxygen atoms in total. The molecule has 0 radical (unpaired) electrons. The number of β-amino-alcohol motifs (C(OH)–C–C–N with tert-alkyl or cyclic N) is 1. The van der Waals surface area contributed by atoms with Crippen molar-refractivity contribution < 1.29 is 35.1 Å². The Morgan fingerprint density at radius 2 is 1.74 bits per heavy atom. The normalized spacial score (nSPS) is 32.9. The van der Waals surface area contributed by atoms with Gasteiger partial charge in [0.1, 0.15) is 12.2 Å². The molecule has 2 aliphatic carbocycles. The molecule has 4 aliphatic rings. The van der Waals surface area contributed by atoms with Gasteiger partial charge < -0.3 is 36.6 Å². The second-order valence-corrected chi connectivity index (χ2v) is 18.6. The molecule has 0 saturated heterocycles. The summed E-state index contributed by atoms with van der Waals surface area (Å²) < 4.78 is 0. The second kappa shape index (κ2) is 20.0. The number of ketones is 1. The monoisotopic (exact) mass is 836 g/mol. The first-order valence-electron chi connectivity index (χ1n) is 22.3. The summed E-state index contributed by atoms with van der Waals surface area (Å²) in [7, 11) is 0. The number of rotatable bonds is 7. The van der Waals surface area contributed by atoms with E-state index in [4.69, 9.17) is 5.73 Å². The van der Waals surface area contributed by atoms with Crippen molar-refractivity contribution >= 4 is 11.7 Å². The summed E-state index contributed by atoms with van der Waals surface area (Å²) >= 11 is 0. The highest BCUT2D eigenvalue weighted by Gasteiger charge is 2.64. The summed E-state index contributed by atoms with van der Waals surface area (Å²) in [5, 5.41) is 64.7. The van der Waals surface area contributed by atoms with Crippen LogP contribution in [-0.2, 0) is 28.9 Å². The highest BCUT2D eigenvalue weighted by molar-refractivity contribution is 5.98. The molecule has 61 heavy (non-hydrogen) atoms. The van der Waals surface area contributed by atoms with E-state index in [1.807, 2.05) is 61.5 Å². The summed E-state index contributed by atoms with van der Waals surface area (Å²) in [6.07, 6.45) is 10.3. The van der Waals surface area contributed by atoms with E-state index in [-0.39, 0.29) is 31.3 Å². The molecule has 2 aliphatic heterocycles. The lowest BCUT2D eigenvalue weighted by atomic mass is 9.52. The number of nitrogens with one attached hydrogen (secondary N) is 2. The fraction of sp³-hybridized carbons (Fsp3) is 0.529. The number of aliphatic hydroxyl groups excluding tert-OH is 4. The maximum atomic E-state index is 14.7. The van der Waals surface area contributed by atoms with Gasteiger partial charge in [-0.15, -0.1) is 0 Å². The average Bonchev–Trinajstić information content (AvgIpc) is 3.55. The summed E-state index contributed by atoms with van der Waals surface area (Å²) in [4.78, 5) is 28.2. The molecule has 330 valence electrons. The Bertz CT molecular complexity index is 2060. The van der Waals surface area contributed by atoms with Gasteiger partial charge >= 0.3 is 0 Å². The van der Waals surface area contributed by atoms with Gasteiger partial charge in [0.05, 0.1) is 30.5 Å². The molecule has 9 N–H and O–H groups in total. The SMILES string of the molecule is C=C(/C=C/C=C(/CO)[C@H]1CC[C@@]2([C@@H]3CC[C@H](O)Cc4cccc(c4)CC[C@H](O)CN[C@@H]4C(=O)N[C@H](N)c5cccc(c54)CC(=O)/C(C)=C/3CC[C@@]2(C)O)[C@@H]1O)CCC=C(C)C. The van der Waals surface area contributed by atoms with Gasteiger partial charge in [-0.2, -0.15) is 0 Å². The number of carbonyl (C=O) groups excluding carboxylic acids is 2. The topological polar surface area (TPSA) is 185 Å². The number of benzene rings is 2. The molecule has 2 bridgehead atoms. The molecule has 2 aromatic carbocycles. The van der Waals surface area contributed by atoms with Crippen LogP contribution in [0.4, 0.5) is 0 Å². The summed E-state index contributed by atoms with van der Waals surface area (Å²) in [6.45, 7) is 11.9. The number of amides is 1. The van der Waals surface area contributed by atoms with Crippen LogP contribution in [0.1, 0.15) is 126 Å². The molecule has 6 rings (SSSR count). The van der Waals surface area contributed by atoms with E-state index in [9.17, 15) is 35.1 Å². The number of hydrogen-bond donors (Lipinski definition) is 8. The van der Waals surface area contributed by atoms with Crippen molar-refractivity contribution in [3.05, 3.63) is 129 Å². The Kier molecular flexibility index (Phi) is 15.3. The van der Waals surface area contributed by atoms with E-state index < -0.39 is 53.4 Å². The van der Waals surface area contributed by atoms with Crippen molar-refractivity contribution in [2.75, 3.05) is 13.2 Å². The number of allylic oxidation sites excluding steroid dienone is 8. The highest BCUT2D eigenvalue weighted by atomic mass is 16.3. The molecular weight excluding hydrogens is 767 g/mol. The van der Waals surface area contributed by atoms with E-state index in [2.05, 4.69) is 43.2 Å². The summed E-state index contributed by atoms with van der Waals surface area (Å²) in [5.41, 5.74) is 12.4. The van der Waals surface area contributed by atoms with Gasteiger partial charge in [-0.3, -0.25) is 14.9 Å². The number of carbonyl (C=O) groups is 2. The number of aliphatic hydroxyl groups is 5. The van der Waals surface area contributed by atoms with Crippen molar-refractivity contribution in [3.63, 3.8) is 0 Å². The van der Waals surface area contributed by atoms with Crippen molar-refractivity contribution in [3.8, 4) is 0 Å². The van der Waals surface area contributed by atoms with Gasteiger partial charge in [0, 0.05) is 24.3 Å². The van der Waals surface area contributed by atoms with Crippen LogP contribution in [0, 0.1) is 17.3 Å². The maximum absolute atomic E-state index is 14.7. The third kappa shape index (κ3) is 10.3. The minimum Gasteiger partial charge on any atom is -0.393 e. The molecule has 1 spiro atoms. The Hall–Kier alpha value is -4.00. The number of aryl methyl sites for hydroxylation is 1. The molecule has 2 heterocycles. The molecule has 0 aromatic heterocycles. The molecule has 9 atom stereocenters. The van der Waals surface area contributed by atoms with Gasteiger partial charge in [-0.05, 0) is 143 Å². The molecule has 2 fully saturated rings. The predicted octanol–water partition coefficient (Wildman–Crippen LogP) is 6.22. The molecule has 1 amide bonds. The lowest BCUT2D eigenvalue weighted by molar-refractivity contribution is -0.168. The third-order valence-corrected chi connectivity index (χ3v) is 14.3. The van der Waals surface area contributed by atoms with Crippen LogP contribution >= 0.6 is 0 Å². The first-order chi connectivity index (χ1) is 29.1. The Labute approximate surface area is 362 Å². The van der Waals surface area contributed by atoms with Gasteiger partial charge in [0.25, 0.3) is 0 Å². The summed E-state index contributed by atoms with van der Waals surface area (Å²) in [6, 6.07) is 12.7. The molecule has 10 heteroatoms. The van der Waals surface area contributed by atoms with Crippen LogP contribution in [0.15, 0.2) is 101 Å². The van der Waals surface area contributed by atoms with Gasteiger partial charge in [0.15, 0.2) is 5.78 Å². The number of fused-ring (bicyclic) bond motifs is 4. The zero-order valence-electron chi connectivity index (χ0n) is 36.6. The zero-order chi connectivity index (χ0) is 44.1. The average molecular weight is 836 g/mol. The number of nitrogens with two attached hydrogens (primary N) is 1. The first kappa shape index (κ1) is 46.5. The van der Waals surface area contributed by atoms with Crippen molar-refractivity contribution in [2.45, 2.75) is 141 Å². The molecule has 0 unspecified atom stereocenters. The number of hydrogen-bond acceptors (Lipinski definition) is 9. The predicted molar refractivity (Wildman–Crippen MR) is 240 cm³/mol. The van der Waals surface area contributed by atoms with E-state index >= 15 is 0 Å². The van der Waals surface area contributed by atoms with E-state index in [1.54, 1.807) is 6.92 Å². The van der Waals surface area contributed by atoms with Crippen LogP contribution in [0.25, 0.3) is 0 Å². The Morgan fingerprint density at radius 1 is 0.984 bits per heavy atom. The van der Waals surface area contributed by atoms with Crippen LogP contribution in [0.3, 0.4) is 0 Å². The largest absolute Gasteiger partial charge is 0.393 e. The summed E-state index contributed by atoms with van der Waals surface area (Å²) in [5.74, 6) is -1.34. The van der Waals surface area contributed by atoms with Gasteiger partial charge in [0.2, 0.25) is 5.91 Å². The highest BCUT2D eigenvalue weighted by Crippen LogP contribution is 2.63. The maximum Gasteiger partial charge on any atom is 0.243 e. The van der Waals surface area contributed by atoms with Gasteiger partial charge in [-0.25, -0.2) is 0 Å². The van der Waals surface area contributed by atoms with Crippen LogP contribution in [0.5, 0.6) is 0 Å². The van der Waals surface area contributed by atoms with Crippen LogP contribution in [0.2, 0.25) is 0 Å². The minimum atomic E-state index is -1.31. The van der Waals surface area contributed by atoms with Crippen molar-refractivity contribution in [1.82, 2.24) is 10.6 Å². The third-order valence-electron chi connectivity index (χ3n) is 14.3. The smallest absolute Gasteiger partial charge is 0.243 e. The van der Waals surface area contributed by atoms with Crippen molar-refractivity contribution in [2.24, 2.45) is 23.0 Å². The second-order valence-electron chi connectivity index (χ2n) is 18.6. The van der Waals surface area contributed by atoms with E-state index in [1.165, 1.54) is 5.57 Å². The quantitative estimate of drug-likeness (QED) is 0.119. The Balaban J connectivity index is 1.40. The lowest BCUT2D eigenvalue weighted by Crippen LogP contribution is -2.59. The molecule has 2 saturated carbocycles. The zero-order valence-corrected chi connectivity index (χ0v) is 36.6. The first-order valence-corrected chi connectivity index (χ1v) is 22.3. The van der Waals surface area contributed by atoms with Gasteiger partial charge in [-0.1, -0.05) is 90.1 Å². The fourth-order valence-electron chi connectivity index (χ4n) is 10.9. The van der Waals surface area contributed by atoms with Crippen LogP contribution in [-0.4, -0.2) is 74.3 Å². The molecule has 2 aromatic rings. The lowest BCUT2D eigenvalue weighted by Gasteiger charge is -2.56. The number of Topliss-reactive ketones (excluding diaryl/α,β-unsaturated/α-hetero) is 1. The minimum absolute atomic E-state index is 0.00116. The van der Waals surface area contributed by atoms with E-state index in [0.717, 1.165) is 35.1 Å². The standard InChI is InChI=1S/C51H69N3O7/c1-31(2)10-6-11-32(3)12-7-16-37(30-55)41-23-25-51(47(41)59)43-21-20-38(56)27-35-14-8-13-34(26-35)18-19-39(57)29-53-46-45-36(15-9-17-42(45)48(52)54-49(46)60)28-44(58)33(4)40(43)22-24-50(51,5)61/h7-10,12-17,26,38-39,41,43,46-48,53,55-57,59,61H,3,6,11,18-25,27-30,52H2,1-2,4-5H3,(H,54,60)/b12-7+,37-16-,40-33+/t38-,39-,41+,43+,46-,47+,48-,50+,51+/m0/s1.